The van der Waals surface area contributed by atoms with Crippen LogP contribution in [0.4, 0.5) is 0 Å². The number of hydrogen-bond donors (Lipinski definition) is 1. The van der Waals surface area contributed by atoms with Crippen molar-refractivity contribution in [1.82, 2.24) is 9.97 Å². The number of benzene rings is 2. The van der Waals surface area contributed by atoms with Crippen molar-refractivity contribution < 1.29 is 0 Å². The molecule has 0 unspecified atom stereocenters. The number of nitrogens with zero attached hydrogens (tertiary/aromatic N) is 2. The Kier molecular flexibility index (Phi) is 6.07. The molecule has 0 aliphatic heterocycles. The van der Waals surface area contributed by atoms with Crippen LogP contribution in [0.3, 0.4) is 0 Å². The first-order valence-electron chi connectivity index (χ1n) is 11.7. The second-order valence-electron chi connectivity index (χ2n) is 10.4. The summed E-state index contributed by atoms with van der Waals surface area (Å²) in [5.74, 6) is 0.621. The number of thiol groups is 1. The molecule has 174 valence electrons. The molecule has 5 heteroatoms. The van der Waals surface area contributed by atoms with E-state index in [0.717, 1.165) is 33.8 Å². The topological polar surface area (TPSA) is 25.8 Å². The summed E-state index contributed by atoms with van der Waals surface area (Å²) in [6, 6.07) is 13.3. The lowest BCUT2D eigenvalue weighted by Gasteiger charge is -2.21. The van der Waals surface area contributed by atoms with Crippen LogP contribution in [0.1, 0.15) is 50.6 Å². The van der Waals surface area contributed by atoms with Crippen LogP contribution in [0.2, 0.25) is 0 Å². The van der Waals surface area contributed by atoms with E-state index in [0.29, 0.717) is 5.92 Å². The van der Waals surface area contributed by atoms with Gasteiger partial charge < -0.3 is 0 Å². The molecule has 0 amide bonds. The molecule has 0 spiro atoms. The molecule has 0 atom stereocenters. The molecule has 3 aromatic heterocycles. The zero-order chi connectivity index (χ0) is 24.2. The molecule has 2 aromatic carbocycles. The van der Waals surface area contributed by atoms with E-state index in [1.807, 2.05) is 22.7 Å². The van der Waals surface area contributed by atoms with Crippen molar-refractivity contribution >= 4 is 55.5 Å². The minimum atomic E-state index is 0.0403. The maximum atomic E-state index is 5.02. The molecule has 34 heavy (non-hydrogen) atoms. The number of fused-ring (bicyclic) bond motifs is 2. The third kappa shape index (κ3) is 4.08. The lowest BCUT2D eigenvalue weighted by atomic mass is 9.85. The van der Waals surface area contributed by atoms with Crippen LogP contribution < -0.4 is 0 Å². The third-order valence-corrected chi connectivity index (χ3v) is 8.93. The van der Waals surface area contributed by atoms with Gasteiger partial charge in [0, 0.05) is 25.4 Å². The zero-order valence-corrected chi connectivity index (χ0v) is 23.1. The molecule has 0 aliphatic carbocycles. The Labute approximate surface area is 215 Å². The van der Waals surface area contributed by atoms with Gasteiger partial charge in [-0.25, -0.2) is 9.97 Å². The quantitative estimate of drug-likeness (QED) is 0.248. The van der Waals surface area contributed by atoms with Gasteiger partial charge in [-0.05, 0) is 70.2 Å². The Morgan fingerprint density at radius 2 is 1.76 bits per heavy atom. The Morgan fingerprint density at radius 1 is 1.00 bits per heavy atom. The minimum absolute atomic E-state index is 0.0403. The number of rotatable bonds is 4. The summed E-state index contributed by atoms with van der Waals surface area (Å²) >= 11 is 8.69. The van der Waals surface area contributed by atoms with E-state index >= 15 is 0 Å². The van der Waals surface area contributed by atoms with E-state index in [9.17, 15) is 0 Å². The Balaban J connectivity index is 1.70. The Hall–Kier alpha value is -2.21. The van der Waals surface area contributed by atoms with Gasteiger partial charge in [0.15, 0.2) is 0 Å². The van der Waals surface area contributed by atoms with Crippen molar-refractivity contribution in [2.24, 2.45) is 5.92 Å². The van der Waals surface area contributed by atoms with Crippen LogP contribution in [0.25, 0.3) is 42.7 Å². The first-order chi connectivity index (χ1) is 16.1. The van der Waals surface area contributed by atoms with Crippen molar-refractivity contribution in [2.45, 2.75) is 58.3 Å². The fourth-order valence-corrected chi connectivity index (χ4v) is 7.37. The van der Waals surface area contributed by atoms with Crippen LogP contribution in [0.15, 0.2) is 53.0 Å². The van der Waals surface area contributed by atoms with Gasteiger partial charge in [0.1, 0.15) is 6.33 Å². The second-order valence-corrected chi connectivity index (χ2v) is 13.0. The highest BCUT2D eigenvalue weighted by Gasteiger charge is 2.22. The van der Waals surface area contributed by atoms with E-state index in [4.69, 9.17) is 22.6 Å². The number of hydrogen-bond acceptors (Lipinski definition) is 5. The molecule has 5 aromatic rings. The molecule has 0 radical (unpaired) electrons. The third-order valence-electron chi connectivity index (χ3n) is 6.34. The Morgan fingerprint density at radius 3 is 2.50 bits per heavy atom. The monoisotopic (exact) mass is 502 g/mol. The van der Waals surface area contributed by atoms with E-state index in [1.54, 1.807) is 6.33 Å². The van der Waals surface area contributed by atoms with Gasteiger partial charge in [-0.2, -0.15) is 0 Å². The summed E-state index contributed by atoms with van der Waals surface area (Å²) in [5, 5.41) is 4.77. The van der Waals surface area contributed by atoms with Gasteiger partial charge in [0.05, 0.1) is 16.3 Å². The normalized spacial score (nSPS) is 12.4. The smallest absolute Gasteiger partial charge is 0.116 e. The van der Waals surface area contributed by atoms with E-state index in [-0.39, 0.29) is 5.41 Å². The van der Waals surface area contributed by atoms with E-state index < -0.39 is 0 Å². The van der Waals surface area contributed by atoms with Gasteiger partial charge in [-0.3, -0.25) is 0 Å². The van der Waals surface area contributed by atoms with Crippen molar-refractivity contribution in [3.8, 4) is 22.5 Å². The van der Waals surface area contributed by atoms with Crippen LogP contribution in [-0.2, 0) is 11.8 Å². The molecule has 0 fully saturated rings. The lowest BCUT2D eigenvalue weighted by Crippen LogP contribution is -2.11. The van der Waals surface area contributed by atoms with Crippen molar-refractivity contribution in [1.29, 1.82) is 0 Å². The highest BCUT2D eigenvalue weighted by Crippen LogP contribution is 2.43. The first-order valence-corrected chi connectivity index (χ1v) is 13.9. The summed E-state index contributed by atoms with van der Waals surface area (Å²) in [6.07, 6.45) is 2.78. The largest absolute Gasteiger partial charge is 0.235 e. The van der Waals surface area contributed by atoms with Crippen molar-refractivity contribution in [2.75, 3.05) is 0 Å². The number of thiophene rings is 2. The zero-order valence-electron chi connectivity index (χ0n) is 20.6. The van der Waals surface area contributed by atoms with Crippen molar-refractivity contribution in [3.63, 3.8) is 0 Å². The molecular weight excluding hydrogens is 473 g/mol. The summed E-state index contributed by atoms with van der Waals surface area (Å²) < 4.78 is 2.64. The SMILES string of the molecule is Cc1sc2c(-c3ncnc(-c4cc(C(C)(C)C)c5sccc5c4)c3S)cccc2c1CC(C)C. The van der Waals surface area contributed by atoms with Crippen LogP contribution in [0.5, 0.6) is 0 Å². The predicted molar refractivity (Wildman–Crippen MR) is 153 cm³/mol. The number of aryl methyl sites for hydroxylation is 1. The molecule has 0 N–H and O–H groups in total. The maximum absolute atomic E-state index is 5.02. The lowest BCUT2D eigenvalue weighted by molar-refractivity contribution is 0.597. The molecule has 0 bridgehead atoms. The number of aromatic nitrogens is 2. The van der Waals surface area contributed by atoms with Crippen LogP contribution in [0, 0.1) is 12.8 Å². The average molecular weight is 503 g/mol. The second kappa shape index (κ2) is 8.78. The predicted octanol–water partition coefficient (Wildman–Crippen LogP) is 9.33. The standard InChI is InChI=1S/C29H30N2S3/c1-16(2)12-22-17(3)34-28-20(22)8-7-9-21(28)25-26(32)24(30-15-31-25)19-13-18-10-11-33-27(18)23(14-19)29(4,5)6/h7-11,13-16,32H,12H2,1-6H3. The summed E-state index contributed by atoms with van der Waals surface area (Å²) in [7, 11) is 0. The maximum Gasteiger partial charge on any atom is 0.116 e. The molecule has 0 saturated carbocycles. The van der Waals surface area contributed by atoms with Crippen LogP contribution >= 0.6 is 35.3 Å². The minimum Gasteiger partial charge on any atom is -0.235 e. The van der Waals surface area contributed by atoms with Gasteiger partial charge in [-0.1, -0.05) is 52.8 Å². The van der Waals surface area contributed by atoms with Crippen LogP contribution in [-0.4, -0.2) is 9.97 Å². The Bertz CT molecular complexity index is 1520. The van der Waals surface area contributed by atoms with Gasteiger partial charge >= 0.3 is 0 Å². The molecule has 2 nitrogen and oxygen atoms in total. The fourth-order valence-electron chi connectivity index (χ4n) is 4.70. The summed E-state index contributed by atoms with van der Waals surface area (Å²) in [4.78, 5) is 11.7. The average Bonchev–Trinajstić information content (AvgIpc) is 3.36. The molecule has 0 saturated heterocycles. The van der Waals surface area contributed by atoms with E-state index in [2.05, 4.69) is 83.3 Å². The van der Waals surface area contributed by atoms with Gasteiger partial charge in [-0.15, -0.1) is 35.3 Å². The fraction of sp³-hybridized carbons (Fsp3) is 0.310. The first kappa shape index (κ1) is 23.5. The molecule has 3 heterocycles. The van der Waals surface area contributed by atoms with Gasteiger partial charge in [0.25, 0.3) is 0 Å². The van der Waals surface area contributed by atoms with Gasteiger partial charge in [0.2, 0.25) is 0 Å². The summed E-state index contributed by atoms with van der Waals surface area (Å²) in [5.41, 5.74) is 6.88. The molecule has 5 rings (SSSR count). The highest BCUT2D eigenvalue weighted by molar-refractivity contribution is 7.80. The van der Waals surface area contributed by atoms with Crippen molar-refractivity contribution in [3.05, 3.63) is 64.1 Å². The highest BCUT2D eigenvalue weighted by atomic mass is 32.1. The molecule has 0 aliphatic rings. The van der Waals surface area contributed by atoms with E-state index in [1.165, 1.54) is 36.2 Å². The molecular formula is C29H30N2S3. The summed E-state index contributed by atoms with van der Waals surface area (Å²) in [6.45, 7) is 13.6.